The number of likely N-dealkylation sites (N-methyl/N-ethyl adjacent to an activating group) is 2. The molecule has 11 heavy (non-hydrogen) atoms. The van der Waals surface area contributed by atoms with Crippen molar-refractivity contribution in [3.63, 3.8) is 0 Å². The minimum atomic E-state index is 0.253. The van der Waals surface area contributed by atoms with Gasteiger partial charge in [-0.1, -0.05) is 0 Å². The second-order valence-corrected chi connectivity index (χ2v) is 4.05. The second-order valence-electron chi connectivity index (χ2n) is 4.05. The summed E-state index contributed by atoms with van der Waals surface area (Å²) in [4.78, 5) is 2.38. The quantitative estimate of drug-likeness (QED) is 0.664. The minimum absolute atomic E-state index is 0.253. The van der Waals surface area contributed by atoms with Gasteiger partial charge in [0.15, 0.2) is 0 Å². The van der Waals surface area contributed by atoms with Gasteiger partial charge in [-0.3, -0.25) is 4.90 Å². The number of hydrogen-bond acceptors (Lipinski definition) is 2. The molecule has 0 atom stereocenters. The Hall–Kier alpha value is -0.0800. The van der Waals surface area contributed by atoms with Gasteiger partial charge in [0.1, 0.15) is 0 Å². The summed E-state index contributed by atoms with van der Waals surface area (Å²) in [5.74, 6) is 0. The van der Waals surface area contributed by atoms with Gasteiger partial charge in [-0.2, -0.15) is 0 Å². The fourth-order valence-corrected chi connectivity index (χ4v) is 1.26. The lowest BCUT2D eigenvalue weighted by molar-refractivity contribution is 0.119. The molecular weight excluding hydrogens is 136 g/mol. The van der Waals surface area contributed by atoms with Crippen LogP contribution in [0.1, 0.15) is 27.7 Å². The Bertz CT molecular complexity index is 108. The van der Waals surface area contributed by atoms with Gasteiger partial charge in [-0.05, 0) is 41.8 Å². The van der Waals surface area contributed by atoms with Crippen LogP contribution in [0, 0.1) is 0 Å². The fraction of sp³-hybridized carbons (Fsp3) is 1.00. The molecule has 0 aromatic carbocycles. The smallest absolute Gasteiger partial charge is 0.0277 e. The summed E-state index contributed by atoms with van der Waals surface area (Å²) in [6, 6.07) is 0.610. The van der Waals surface area contributed by atoms with E-state index in [1.54, 1.807) is 0 Å². The lowest BCUT2D eigenvalue weighted by Crippen LogP contribution is -2.50. The molecule has 0 unspecified atom stereocenters. The van der Waals surface area contributed by atoms with Crippen molar-refractivity contribution in [1.29, 1.82) is 0 Å². The van der Waals surface area contributed by atoms with Gasteiger partial charge in [0.25, 0.3) is 0 Å². The molecule has 0 rings (SSSR count). The molecule has 0 bridgehead atoms. The molecule has 0 fully saturated rings. The fourth-order valence-electron chi connectivity index (χ4n) is 1.26. The molecule has 68 valence electrons. The van der Waals surface area contributed by atoms with E-state index in [1.807, 2.05) is 7.05 Å². The average molecular weight is 158 g/mol. The lowest BCUT2D eigenvalue weighted by Gasteiger charge is -2.38. The molecule has 2 heteroatoms. The summed E-state index contributed by atoms with van der Waals surface area (Å²) in [6.45, 7) is 9.98. The summed E-state index contributed by atoms with van der Waals surface area (Å²) >= 11 is 0. The van der Waals surface area contributed by atoms with Crippen LogP contribution in [0.25, 0.3) is 0 Å². The van der Waals surface area contributed by atoms with Crippen LogP contribution >= 0.6 is 0 Å². The number of nitrogens with zero attached hydrogens (tertiary/aromatic N) is 1. The molecule has 0 spiro atoms. The van der Waals surface area contributed by atoms with Crippen molar-refractivity contribution < 1.29 is 0 Å². The van der Waals surface area contributed by atoms with E-state index < -0.39 is 0 Å². The molecule has 0 aliphatic heterocycles. The van der Waals surface area contributed by atoms with Crippen LogP contribution in [0.2, 0.25) is 0 Å². The molecule has 2 nitrogen and oxygen atoms in total. The summed E-state index contributed by atoms with van der Waals surface area (Å²) in [5, 5.41) is 3.20. The zero-order chi connectivity index (χ0) is 9.07. The first kappa shape index (κ1) is 10.9. The third kappa shape index (κ3) is 3.21. The van der Waals surface area contributed by atoms with Gasteiger partial charge in [0.05, 0.1) is 0 Å². The van der Waals surface area contributed by atoms with E-state index in [-0.39, 0.29) is 5.54 Å². The number of rotatable bonds is 4. The van der Waals surface area contributed by atoms with Crippen molar-refractivity contribution in [3.05, 3.63) is 0 Å². The maximum atomic E-state index is 3.20. The van der Waals surface area contributed by atoms with E-state index in [0.717, 1.165) is 6.54 Å². The van der Waals surface area contributed by atoms with Crippen LogP contribution in [0.15, 0.2) is 0 Å². The molecule has 0 aromatic rings. The van der Waals surface area contributed by atoms with Crippen molar-refractivity contribution in [2.75, 3.05) is 20.6 Å². The first-order valence-electron chi connectivity index (χ1n) is 4.29. The van der Waals surface area contributed by atoms with Gasteiger partial charge in [0.2, 0.25) is 0 Å². The Morgan fingerprint density at radius 1 is 1.36 bits per heavy atom. The van der Waals surface area contributed by atoms with Crippen molar-refractivity contribution in [2.45, 2.75) is 39.3 Å². The monoisotopic (exact) mass is 158 g/mol. The van der Waals surface area contributed by atoms with E-state index in [0.29, 0.717) is 6.04 Å². The first-order chi connectivity index (χ1) is 4.91. The Balaban J connectivity index is 4.05. The van der Waals surface area contributed by atoms with E-state index in [4.69, 9.17) is 0 Å². The van der Waals surface area contributed by atoms with Crippen LogP contribution in [-0.4, -0.2) is 37.1 Å². The average Bonchev–Trinajstić information content (AvgIpc) is 1.86. The van der Waals surface area contributed by atoms with Crippen LogP contribution in [0.4, 0.5) is 0 Å². The van der Waals surface area contributed by atoms with E-state index in [2.05, 4.69) is 45.0 Å². The van der Waals surface area contributed by atoms with Gasteiger partial charge in [0, 0.05) is 18.1 Å². The zero-order valence-electron chi connectivity index (χ0n) is 8.73. The van der Waals surface area contributed by atoms with E-state index in [1.165, 1.54) is 0 Å². The topological polar surface area (TPSA) is 15.3 Å². The lowest BCUT2D eigenvalue weighted by atomic mass is 10.0. The molecule has 1 N–H and O–H groups in total. The van der Waals surface area contributed by atoms with E-state index in [9.17, 15) is 0 Å². The molecule has 0 saturated carbocycles. The number of hydrogen-bond donors (Lipinski definition) is 1. The third-order valence-electron chi connectivity index (χ3n) is 2.34. The predicted molar refractivity (Wildman–Crippen MR) is 50.9 cm³/mol. The molecule has 0 radical (unpaired) electrons. The van der Waals surface area contributed by atoms with Gasteiger partial charge in [-0.25, -0.2) is 0 Å². The van der Waals surface area contributed by atoms with Crippen molar-refractivity contribution in [1.82, 2.24) is 10.2 Å². The SMILES string of the molecule is CNCC(C)(C)N(C)C(C)C. The Kier molecular flexibility index (Phi) is 4.04. The Labute approximate surface area is 71.0 Å². The van der Waals surface area contributed by atoms with Crippen LogP contribution in [0.5, 0.6) is 0 Å². The standard InChI is InChI=1S/C9H22N2/c1-8(2)11(6)9(3,4)7-10-5/h8,10H,7H2,1-6H3. The van der Waals surface area contributed by atoms with Crippen molar-refractivity contribution in [2.24, 2.45) is 0 Å². The normalized spacial score (nSPS) is 13.1. The Morgan fingerprint density at radius 2 is 1.82 bits per heavy atom. The number of nitrogens with one attached hydrogen (secondary N) is 1. The summed E-state index contributed by atoms with van der Waals surface area (Å²) in [7, 11) is 4.16. The first-order valence-corrected chi connectivity index (χ1v) is 4.29. The summed E-state index contributed by atoms with van der Waals surface area (Å²) < 4.78 is 0. The van der Waals surface area contributed by atoms with Crippen LogP contribution in [-0.2, 0) is 0 Å². The van der Waals surface area contributed by atoms with Crippen molar-refractivity contribution in [3.8, 4) is 0 Å². The molecule has 0 aliphatic rings. The highest BCUT2D eigenvalue weighted by atomic mass is 15.2. The minimum Gasteiger partial charge on any atom is -0.318 e. The maximum Gasteiger partial charge on any atom is 0.0277 e. The van der Waals surface area contributed by atoms with E-state index >= 15 is 0 Å². The molecule has 0 aromatic heterocycles. The third-order valence-corrected chi connectivity index (χ3v) is 2.34. The summed E-state index contributed by atoms with van der Waals surface area (Å²) in [6.07, 6.45) is 0. The maximum absolute atomic E-state index is 3.20. The molecular formula is C9H22N2. The highest BCUT2D eigenvalue weighted by Gasteiger charge is 2.23. The zero-order valence-corrected chi connectivity index (χ0v) is 8.73. The largest absolute Gasteiger partial charge is 0.318 e. The highest BCUT2D eigenvalue weighted by molar-refractivity contribution is 4.82. The molecule has 0 aliphatic carbocycles. The van der Waals surface area contributed by atoms with Gasteiger partial charge >= 0.3 is 0 Å². The molecule has 0 saturated heterocycles. The Morgan fingerprint density at radius 3 is 2.09 bits per heavy atom. The predicted octanol–water partition coefficient (Wildman–Crippen LogP) is 1.32. The summed E-state index contributed by atoms with van der Waals surface area (Å²) in [5.41, 5.74) is 0.253. The molecule has 0 heterocycles. The molecule has 0 amide bonds. The highest BCUT2D eigenvalue weighted by Crippen LogP contribution is 2.13. The van der Waals surface area contributed by atoms with Crippen molar-refractivity contribution >= 4 is 0 Å². The second kappa shape index (κ2) is 4.07. The van der Waals surface area contributed by atoms with Crippen LogP contribution in [0.3, 0.4) is 0 Å². The van der Waals surface area contributed by atoms with Gasteiger partial charge in [-0.15, -0.1) is 0 Å². The van der Waals surface area contributed by atoms with Crippen LogP contribution < -0.4 is 5.32 Å². The van der Waals surface area contributed by atoms with Gasteiger partial charge < -0.3 is 5.32 Å².